The normalized spacial score (nSPS) is 10.8. The van der Waals surface area contributed by atoms with Crippen molar-refractivity contribution in [2.24, 2.45) is 0 Å². The molecular weight excluding hydrogens is 414 g/mol. The largest absolute Gasteiger partial charge is 0.493 e. The molecule has 0 aliphatic rings. The van der Waals surface area contributed by atoms with E-state index in [1.54, 1.807) is 14.2 Å². The van der Waals surface area contributed by atoms with Crippen LogP contribution in [0.1, 0.15) is 17.0 Å². The fourth-order valence-corrected chi connectivity index (χ4v) is 4.00. The summed E-state index contributed by atoms with van der Waals surface area (Å²) in [6, 6.07) is 24.2. The van der Waals surface area contributed by atoms with E-state index in [1.165, 1.54) is 5.56 Å². The van der Waals surface area contributed by atoms with E-state index in [-0.39, 0.29) is 12.3 Å². The van der Waals surface area contributed by atoms with Gasteiger partial charge in [0.15, 0.2) is 11.5 Å². The van der Waals surface area contributed by atoms with Crippen LogP contribution in [0.2, 0.25) is 0 Å². The van der Waals surface area contributed by atoms with Gasteiger partial charge in [0.1, 0.15) is 5.82 Å². The number of nitrogens with zero attached hydrogens (tertiary/aromatic N) is 2. The van der Waals surface area contributed by atoms with Crippen molar-refractivity contribution >= 4 is 16.9 Å². The van der Waals surface area contributed by atoms with Crippen LogP contribution >= 0.6 is 0 Å². The molecule has 4 rings (SSSR count). The number of imidazole rings is 1. The molecule has 6 heteroatoms. The van der Waals surface area contributed by atoms with E-state index >= 15 is 0 Å². The van der Waals surface area contributed by atoms with Crippen LogP contribution in [0.15, 0.2) is 72.8 Å². The monoisotopic (exact) mass is 443 g/mol. The van der Waals surface area contributed by atoms with Gasteiger partial charge in [0.25, 0.3) is 0 Å². The summed E-state index contributed by atoms with van der Waals surface area (Å²) in [5, 5.41) is 3.03. The first-order valence-electron chi connectivity index (χ1n) is 11.1. The molecule has 1 N–H and O–H groups in total. The van der Waals surface area contributed by atoms with Crippen molar-refractivity contribution in [1.29, 1.82) is 0 Å². The molecule has 0 fully saturated rings. The number of para-hydroxylation sites is 2. The number of hydrogen-bond acceptors (Lipinski definition) is 4. The highest BCUT2D eigenvalue weighted by atomic mass is 16.5. The number of hydrogen-bond donors (Lipinski definition) is 1. The van der Waals surface area contributed by atoms with Gasteiger partial charge in [-0.25, -0.2) is 4.98 Å². The van der Waals surface area contributed by atoms with Gasteiger partial charge in [0.2, 0.25) is 5.91 Å². The molecule has 0 aliphatic heterocycles. The van der Waals surface area contributed by atoms with Crippen molar-refractivity contribution in [2.45, 2.75) is 25.8 Å². The zero-order valence-electron chi connectivity index (χ0n) is 19.1. The number of carbonyl (C=O) groups excluding carboxylic acids is 1. The highest BCUT2D eigenvalue weighted by Crippen LogP contribution is 2.27. The molecule has 1 aromatic heterocycles. The summed E-state index contributed by atoms with van der Waals surface area (Å²) >= 11 is 0. The maximum atomic E-state index is 12.5. The van der Waals surface area contributed by atoms with Crippen molar-refractivity contribution in [1.82, 2.24) is 14.9 Å². The van der Waals surface area contributed by atoms with Gasteiger partial charge in [-0.3, -0.25) is 4.79 Å². The number of methoxy groups -OCH3 is 2. The quantitative estimate of drug-likeness (QED) is 0.399. The molecule has 0 radical (unpaired) electrons. The summed E-state index contributed by atoms with van der Waals surface area (Å²) in [7, 11) is 3.18. The number of rotatable bonds is 10. The van der Waals surface area contributed by atoms with Gasteiger partial charge >= 0.3 is 0 Å². The number of benzene rings is 3. The molecule has 0 saturated carbocycles. The third kappa shape index (κ3) is 5.52. The standard InChI is InChI=1S/C27H29N3O3/c1-32-24-13-12-21(18-25(24)33-2)19-27(31)28-16-14-26-29-22-10-6-7-11-23(22)30(26)17-15-20-8-4-3-5-9-20/h3-13,18H,14-17,19H2,1-2H3,(H,28,31). The molecule has 1 amide bonds. The van der Waals surface area contributed by atoms with Gasteiger partial charge in [0, 0.05) is 19.5 Å². The predicted molar refractivity (Wildman–Crippen MR) is 130 cm³/mol. The molecule has 4 aromatic rings. The van der Waals surface area contributed by atoms with Crippen LogP contribution in [0.4, 0.5) is 0 Å². The average molecular weight is 444 g/mol. The molecule has 0 spiro atoms. The molecular formula is C27H29N3O3. The third-order valence-corrected chi connectivity index (χ3v) is 5.68. The van der Waals surface area contributed by atoms with E-state index in [9.17, 15) is 4.79 Å². The molecule has 33 heavy (non-hydrogen) atoms. The Morgan fingerprint density at radius 3 is 2.42 bits per heavy atom. The van der Waals surface area contributed by atoms with E-state index in [1.807, 2.05) is 42.5 Å². The highest BCUT2D eigenvalue weighted by molar-refractivity contribution is 5.79. The van der Waals surface area contributed by atoms with Crippen molar-refractivity contribution in [3.8, 4) is 11.5 Å². The maximum Gasteiger partial charge on any atom is 0.224 e. The number of nitrogens with one attached hydrogen (secondary N) is 1. The van der Waals surface area contributed by atoms with Crippen molar-refractivity contribution in [2.75, 3.05) is 20.8 Å². The second-order valence-electron chi connectivity index (χ2n) is 7.87. The van der Waals surface area contributed by atoms with E-state index in [2.05, 4.69) is 40.2 Å². The lowest BCUT2D eigenvalue weighted by Gasteiger charge is -2.11. The predicted octanol–water partition coefficient (Wildman–Crippen LogP) is 4.20. The highest BCUT2D eigenvalue weighted by Gasteiger charge is 2.12. The van der Waals surface area contributed by atoms with Crippen molar-refractivity contribution < 1.29 is 14.3 Å². The molecule has 170 valence electrons. The van der Waals surface area contributed by atoms with Gasteiger partial charge in [-0.1, -0.05) is 48.5 Å². The van der Waals surface area contributed by atoms with E-state index in [0.29, 0.717) is 24.5 Å². The first-order valence-corrected chi connectivity index (χ1v) is 11.1. The van der Waals surface area contributed by atoms with Crippen LogP contribution in [0, 0.1) is 0 Å². The first kappa shape index (κ1) is 22.4. The summed E-state index contributed by atoms with van der Waals surface area (Å²) in [6.07, 6.45) is 1.88. The van der Waals surface area contributed by atoms with Crippen LogP contribution in [-0.4, -0.2) is 36.2 Å². The Morgan fingerprint density at radius 2 is 1.64 bits per heavy atom. The zero-order chi connectivity index (χ0) is 23.0. The van der Waals surface area contributed by atoms with Gasteiger partial charge < -0.3 is 19.4 Å². The Morgan fingerprint density at radius 1 is 0.879 bits per heavy atom. The van der Waals surface area contributed by atoms with Crippen LogP contribution < -0.4 is 14.8 Å². The van der Waals surface area contributed by atoms with Crippen LogP contribution in [0.5, 0.6) is 11.5 Å². The van der Waals surface area contributed by atoms with E-state index in [4.69, 9.17) is 14.5 Å². The summed E-state index contributed by atoms with van der Waals surface area (Å²) in [5.74, 6) is 2.22. The summed E-state index contributed by atoms with van der Waals surface area (Å²) in [4.78, 5) is 17.3. The number of amides is 1. The molecule has 0 unspecified atom stereocenters. The minimum atomic E-state index is -0.0332. The Labute approximate surface area is 194 Å². The molecule has 3 aromatic carbocycles. The Balaban J connectivity index is 1.39. The lowest BCUT2D eigenvalue weighted by Crippen LogP contribution is -2.28. The fraction of sp³-hybridized carbons (Fsp3) is 0.259. The second kappa shape index (κ2) is 10.7. The van der Waals surface area contributed by atoms with Gasteiger partial charge in [-0.2, -0.15) is 0 Å². The first-order chi connectivity index (χ1) is 16.2. The van der Waals surface area contributed by atoms with E-state index in [0.717, 1.165) is 35.4 Å². The van der Waals surface area contributed by atoms with Crippen molar-refractivity contribution in [3.63, 3.8) is 0 Å². The number of ether oxygens (including phenoxy) is 2. The maximum absolute atomic E-state index is 12.5. The molecule has 0 saturated heterocycles. The topological polar surface area (TPSA) is 65.4 Å². The third-order valence-electron chi connectivity index (χ3n) is 5.68. The van der Waals surface area contributed by atoms with Crippen molar-refractivity contribution in [3.05, 3.63) is 89.7 Å². The summed E-state index contributed by atoms with van der Waals surface area (Å²) in [6.45, 7) is 1.38. The lowest BCUT2D eigenvalue weighted by molar-refractivity contribution is -0.120. The molecule has 0 aliphatic carbocycles. The SMILES string of the molecule is COc1ccc(CC(=O)NCCc2nc3ccccc3n2CCc2ccccc2)cc1OC. The van der Waals surface area contributed by atoms with Crippen LogP contribution in [0.3, 0.4) is 0 Å². The smallest absolute Gasteiger partial charge is 0.224 e. The minimum Gasteiger partial charge on any atom is -0.493 e. The number of aromatic nitrogens is 2. The summed E-state index contributed by atoms with van der Waals surface area (Å²) < 4.78 is 12.9. The van der Waals surface area contributed by atoms with E-state index < -0.39 is 0 Å². The molecule has 1 heterocycles. The Hall–Kier alpha value is -3.80. The fourth-order valence-electron chi connectivity index (χ4n) is 4.00. The number of aryl methyl sites for hydroxylation is 2. The molecule has 6 nitrogen and oxygen atoms in total. The Bertz CT molecular complexity index is 1220. The molecule has 0 bridgehead atoms. The average Bonchev–Trinajstić information content (AvgIpc) is 3.20. The Kier molecular flexibility index (Phi) is 7.25. The lowest BCUT2D eigenvalue weighted by atomic mass is 10.1. The zero-order valence-corrected chi connectivity index (χ0v) is 19.1. The molecule has 0 atom stereocenters. The summed E-state index contributed by atoms with van der Waals surface area (Å²) in [5.41, 5.74) is 4.28. The number of fused-ring (bicyclic) bond motifs is 1. The van der Waals surface area contributed by atoms with Gasteiger partial charge in [-0.15, -0.1) is 0 Å². The van der Waals surface area contributed by atoms with Crippen LogP contribution in [-0.2, 0) is 30.6 Å². The van der Waals surface area contributed by atoms with Gasteiger partial charge in [-0.05, 0) is 41.8 Å². The van der Waals surface area contributed by atoms with Crippen LogP contribution in [0.25, 0.3) is 11.0 Å². The minimum absolute atomic E-state index is 0.0332. The second-order valence-corrected chi connectivity index (χ2v) is 7.87. The number of carbonyl (C=O) groups is 1. The van der Waals surface area contributed by atoms with Gasteiger partial charge in [0.05, 0.1) is 31.7 Å².